The smallest absolute Gasteiger partial charge is 0.236 e. The predicted molar refractivity (Wildman–Crippen MR) is 84.0 cm³/mol. The van der Waals surface area contributed by atoms with E-state index >= 15 is 0 Å². The van der Waals surface area contributed by atoms with Gasteiger partial charge in [0, 0.05) is 12.0 Å². The minimum atomic E-state index is -0.475. The number of ether oxygens (including phenoxy) is 2. The largest absolute Gasteiger partial charge is 0.454 e. The summed E-state index contributed by atoms with van der Waals surface area (Å²) in [6.07, 6.45) is 5.77. The molecule has 1 heterocycles. The Morgan fingerprint density at radius 3 is 2.73 bits per heavy atom. The van der Waals surface area contributed by atoms with Crippen LogP contribution in [-0.4, -0.2) is 25.3 Å². The number of hydrogen-bond acceptors (Lipinski definition) is 4. The highest BCUT2D eigenvalue weighted by Gasteiger charge is 2.35. The van der Waals surface area contributed by atoms with E-state index in [0.29, 0.717) is 6.54 Å². The van der Waals surface area contributed by atoms with E-state index in [4.69, 9.17) is 15.2 Å². The Labute approximate surface area is 131 Å². The molecule has 1 aromatic carbocycles. The van der Waals surface area contributed by atoms with Gasteiger partial charge in [0.05, 0.1) is 6.04 Å². The molecule has 1 aliphatic heterocycles. The zero-order valence-corrected chi connectivity index (χ0v) is 13.1. The van der Waals surface area contributed by atoms with Crippen LogP contribution in [0.4, 0.5) is 0 Å². The van der Waals surface area contributed by atoms with Crippen molar-refractivity contribution in [1.29, 1.82) is 0 Å². The first-order valence-electron chi connectivity index (χ1n) is 8.04. The van der Waals surface area contributed by atoms with Crippen molar-refractivity contribution < 1.29 is 14.3 Å². The summed E-state index contributed by atoms with van der Waals surface area (Å²) in [4.78, 5) is 11.9. The number of rotatable bonds is 4. The average Bonchev–Trinajstić information content (AvgIpc) is 3.01. The van der Waals surface area contributed by atoms with Gasteiger partial charge in [-0.1, -0.05) is 25.3 Å². The van der Waals surface area contributed by atoms with Gasteiger partial charge in [-0.2, -0.15) is 0 Å². The lowest BCUT2D eigenvalue weighted by Gasteiger charge is -2.38. The maximum Gasteiger partial charge on any atom is 0.236 e. The molecule has 0 saturated heterocycles. The van der Waals surface area contributed by atoms with Gasteiger partial charge in [0.15, 0.2) is 11.5 Å². The number of benzene rings is 1. The number of fused-ring (bicyclic) bond motifs is 1. The van der Waals surface area contributed by atoms with Crippen LogP contribution in [0.25, 0.3) is 0 Å². The van der Waals surface area contributed by atoms with Crippen LogP contribution < -0.4 is 20.5 Å². The molecular formula is C17H24N2O3. The third kappa shape index (κ3) is 2.90. The minimum absolute atomic E-state index is 0.0240. The predicted octanol–water partition coefficient (Wildman–Crippen LogP) is 2.08. The molecule has 120 valence electrons. The van der Waals surface area contributed by atoms with Gasteiger partial charge in [-0.25, -0.2) is 0 Å². The molecule has 1 aromatic rings. The van der Waals surface area contributed by atoms with Crippen molar-refractivity contribution in [2.24, 2.45) is 5.73 Å². The summed E-state index contributed by atoms with van der Waals surface area (Å²) in [5, 5.41) is 3.02. The van der Waals surface area contributed by atoms with E-state index in [9.17, 15) is 4.79 Å². The lowest BCUT2D eigenvalue weighted by Crippen LogP contribution is -2.46. The fourth-order valence-electron chi connectivity index (χ4n) is 3.44. The third-order valence-electron chi connectivity index (χ3n) is 4.81. The molecule has 1 saturated carbocycles. The second-order valence-electron chi connectivity index (χ2n) is 6.42. The molecule has 5 nitrogen and oxygen atoms in total. The molecule has 2 aliphatic rings. The van der Waals surface area contributed by atoms with Gasteiger partial charge in [-0.15, -0.1) is 0 Å². The zero-order valence-electron chi connectivity index (χ0n) is 13.1. The van der Waals surface area contributed by atoms with Crippen LogP contribution >= 0.6 is 0 Å². The van der Waals surface area contributed by atoms with Crippen molar-refractivity contribution in [3.63, 3.8) is 0 Å². The van der Waals surface area contributed by atoms with Crippen LogP contribution in [0.3, 0.4) is 0 Å². The lowest BCUT2D eigenvalue weighted by molar-refractivity contribution is -0.122. The van der Waals surface area contributed by atoms with Crippen molar-refractivity contribution in [2.45, 2.75) is 50.5 Å². The zero-order chi connectivity index (χ0) is 15.6. The summed E-state index contributed by atoms with van der Waals surface area (Å²) in [6, 6.07) is 5.68. The van der Waals surface area contributed by atoms with Crippen molar-refractivity contribution in [2.75, 3.05) is 13.3 Å². The van der Waals surface area contributed by atoms with E-state index in [1.807, 2.05) is 6.07 Å². The first-order valence-corrected chi connectivity index (χ1v) is 8.04. The topological polar surface area (TPSA) is 73.6 Å². The summed E-state index contributed by atoms with van der Waals surface area (Å²) in [6.45, 7) is 2.63. The second kappa shape index (κ2) is 6.16. The van der Waals surface area contributed by atoms with Crippen LogP contribution in [0.15, 0.2) is 18.2 Å². The molecule has 1 atom stereocenters. The fraction of sp³-hybridized carbons (Fsp3) is 0.588. The van der Waals surface area contributed by atoms with Gasteiger partial charge in [0.25, 0.3) is 0 Å². The Morgan fingerprint density at radius 2 is 2.00 bits per heavy atom. The molecule has 0 aromatic heterocycles. The SMILES string of the molecule is C[C@H](N)C(=O)NCC1(c2ccc3c(c2)OCO3)CCCCC1. The Morgan fingerprint density at radius 1 is 1.27 bits per heavy atom. The van der Waals surface area contributed by atoms with Crippen molar-refractivity contribution in [3.05, 3.63) is 23.8 Å². The first-order chi connectivity index (χ1) is 10.6. The molecule has 1 amide bonds. The number of hydrogen-bond donors (Lipinski definition) is 2. The maximum absolute atomic E-state index is 11.9. The number of nitrogens with two attached hydrogens (primary N) is 1. The van der Waals surface area contributed by atoms with E-state index in [0.717, 1.165) is 24.3 Å². The van der Waals surface area contributed by atoms with Crippen LogP contribution in [0.2, 0.25) is 0 Å². The normalized spacial score (nSPS) is 20.5. The van der Waals surface area contributed by atoms with Gasteiger partial charge < -0.3 is 20.5 Å². The van der Waals surface area contributed by atoms with Crippen LogP contribution in [0.5, 0.6) is 11.5 Å². The molecular weight excluding hydrogens is 280 g/mol. The quantitative estimate of drug-likeness (QED) is 0.893. The molecule has 22 heavy (non-hydrogen) atoms. The lowest BCUT2D eigenvalue weighted by atomic mass is 9.69. The molecule has 3 N–H and O–H groups in total. The summed E-state index contributed by atoms with van der Waals surface area (Å²) in [5.74, 6) is 1.51. The number of amides is 1. The molecule has 0 unspecified atom stereocenters. The van der Waals surface area contributed by atoms with Gasteiger partial charge in [-0.3, -0.25) is 4.79 Å². The van der Waals surface area contributed by atoms with Crippen molar-refractivity contribution in [1.82, 2.24) is 5.32 Å². The summed E-state index contributed by atoms with van der Waals surface area (Å²) < 4.78 is 10.9. The van der Waals surface area contributed by atoms with E-state index < -0.39 is 6.04 Å². The molecule has 1 aliphatic carbocycles. The van der Waals surface area contributed by atoms with Crippen LogP contribution in [0, 0.1) is 0 Å². The van der Waals surface area contributed by atoms with Gasteiger partial charge >= 0.3 is 0 Å². The van der Waals surface area contributed by atoms with Gasteiger partial charge in [0.1, 0.15) is 0 Å². The summed E-state index contributed by atoms with van der Waals surface area (Å²) >= 11 is 0. The first kappa shape index (κ1) is 15.2. The number of nitrogens with one attached hydrogen (secondary N) is 1. The van der Waals surface area contributed by atoms with E-state index in [2.05, 4.69) is 17.4 Å². The van der Waals surface area contributed by atoms with Crippen LogP contribution in [0.1, 0.15) is 44.6 Å². The number of carbonyl (C=O) groups excluding carboxylic acids is 1. The summed E-state index contributed by atoms with van der Waals surface area (Å²) in [5.41, 5.74) is 6.86. The standard InChI is InChI=1S/C17H24N2O3/c1-12(18)16(20)19-10-17(7-3-2-4-8-17)13-5-6-14-15(9-13)22-11-21-14/h5-6,9,12H,2-4,7-8,10-11,18H2,1H3,(H,19,20)/t12-/m0/s1. The highest BCUT2D eigenvalue weighted by atomic mass is 16.7. The Hall–Kier alpha value is -1.75. The minimum Gasteiger partial charge on any atom is -0.454 e. The Kier molecular flexibility index (Phi) is 4.25. The molecule has 0 bridgehead atoms. The molecule has 3 rings (SSSR count). The van der Waals surface area contributed by atoms with E-state index in [1.165, 1.54) is 24.8 Å². The van der Waals surface area contributed by atoms with Crippen LogP contribution in [-0.2, 0) is 10.2 Å². The summed E-state index contributed by atoms with van der Waals surface area (Å²) in [7, 11) is 0. The monoisotopic (exact) mass is 304 g/mol. The third-order valence-corrected chi connectivity index (χ3v) is 4.81. The van der Waals surface area contributed by atoms with E-state index in [-0.39, 0.29) is 18.1 Å². The highest BCUT2D eigenvalue weighted by Crippen LogP contribution is 2.43. The second-order valence-corrected chi connectivity index (χ2v) is 6.42. The molecule has 0 radical (unpaired) electrons. The van der Waals surface area contributed by atoms with Gasteiger partial charge in [0.2, 0.25) is 12.7 Å². The molecule has 1 fully saturated rings. The van der Waals surface area contributed by atoms with Crippen molar-refractivity contribution in [3.8, 4) is 11.5 Å². The Balaban J connectivity index is 1.84. The molecule has 5 heteroatoms. The highest BCUT2D eigenvalue weighted by molar-refractivity contribution is 5.81. The Bertz CT molecular complexity index is 551. The number of carbonyl (C=O) groups is 1. The van der Waals surface area contributed by atoms with E-state index in [1.54, 1.807) is 6.92 Å². The van der Waals surface area contributed by atoms with Crippen molar-refractivity contribution >= 4 is 5.91 Å². The fourth-order valence-corrected chi connectivity index (χ4v) is 3.44. The molecule has 0 spiro atoms. The maximum atomic E-state index is 11.9. The average molecular weight is 304 g/mol. The van der Waals surface area contributed by atoms with Gasteiger partial charge in [-0.05, 0) is 37.5 Å².